The van der Waals surface area contributed by atoms with Gasteiger partial charge < -0.3 is 9.47 Å². The quantitative estimate of drug-likeness (QED) is 0.445. The predicted molar refractivity (Wildman–Crippen MR) is 121 cm³/mol. The zero-order chi connectivity index (χ0) is 20.6. The number of aliphatic imine (C=N–C) groups is 1. The van der Waals surface area contributed by atoms with E-state index in [9.17, 15) is 0 Å². The lowest BCUT2D eigenvalue weighted by molar-refractivity contribution is 0.119. The Morgan fingerprint density at radius 1 is 0.767 bits per heavy atom. The summed E-state index contributed by atoms with van der Waals surface area (Å²) in [6, 6.07) is 28.4. The minimum atomic E-state index is 0.573. The first kappa shape index (κ1) is 19.9. The molecule has 30 heavy (non-hydrogen) atoms. The van der Waals surface area contributed by atoms with Gasteiger partial charge >= 0.3 is 0 Å². The third kappa shape index (κ3) is 4.97. The minimum Gasteiger partial charge on any atom is -0.497 e. The summed E-state index contributed by atoms with van der Waals surface area (Å²) in [7, 11) is 1.67. The van der Waals surface area contributed by atoms with Crippen molar-refractivity contribution in [2.45, 2.75) is 19.4 Å². The number of benzene rings is 3. The molecule has 0 aromatic heterocycles. The highest BCUT2D eigenvalue weighted by Gasteiger charge is 2.21. The van der Waals surface area contributed by atoms with Crippen LogP contribution in [0.4, 0.5) is 0 Å². The molecular weight excluding hydrogens is 372 g/mol. The van der Waals surface area contributed by atoms with Gasteiger partial charge in [0.05, 0.1) is 25.1 Å². The monoisotopic (exact) mass is 397 g/mol. The first-order valence-corrected chi connectivity index (χ1v) is 10.2. The Bertz CT molecular complexity index is 1030. The van der Waals surface area contributed by atoms with Crippen LogP contribution in [0.2, 0.25) is 0 Å². The van der Waals surface area contributed by atoms with Gasteiger partial charge in [0.25, 0.3) is 0 Å². The highest BCUT2D eigenvalue weighted by atomic mass is 16.5. The van der Waals surface area contributed by atoms with Crippen molar-refractivity contribution >= 4 is 17.2 Å². The molecule has 151 valence electrons. The van der Waals surface area contributed by atoms with Crippen LogP contribution in [0.1, 0.15) is 29.5 Å². The number of amidine groups is 1. The first-order chi connectivity index (χ1) is 14.8. The lowest BCUT2D eigenvalue weighted by Gasteiger charge is -2.07. The average molecular weight is 397 g/mol. The molecule has 4 rings (SSSR count). The molecule has 0 saturated heterocycles. The maximum Gasteiger partial charge on any atom is 0.129 e. The van der Waals surface area contributed by atoms with E-state index in [1.165, 1.54) is 0 Å². The molecule has 1 aliphatic rings. The smallest absolute Gasteiger partial charge is 0.129 e. The van der Waals surface area contributed by atoms with Crippen LogP contribution in [-0.2, 0) is 11.3 Å². The van der Waals surface area contributed by atoms with Crippen molar-refractivity contribution in [3.63, 3.8) is 0 Å². The average Bonchev–Trinajstić information content (AvgIpc) is 3.24. The van der Waals surface area contributed by atoms with Gasteiger partial charge in [-0.2, -0.15) is 0 Å². The summed E-state index contributed by atoms with van der Waals surface area (Å²) in [6.07, 6.45) is 1.65. The predicted octanol–water partition coefficient (Wildman–Crippen LogP) is 5.53. The van der Waals surface area contributed by atoms with Gasteiger partial charge in [-0.25, -0.2) is 10.3 Å². The van der Waals surface area contributed by atoms with Crippen molar-refractivity contribution in [2.75, 3.05) is 13.7 Å². The number of hydrogen-bond acceptors (Lipinski definition) is 3. The van der Waals surface area contributed by atoms with Gasteiger partial charge in [-0.15, -0.1) is 0 Å². The molecule has 0 saturated carbocycles. The van der Waals surface area contributed by atoms with E-state index in [-0.39, 0.29) is 0 Å². The molecule has 1 aliphatic heterocycles. The molecule has 3 aromatic rings. The van der Waals surface area contributed by atoms with Gasteiger partial charge in [0.2, 0.25) is 0 Å². The minimum absolute atomic E-state index is 0.573. The summed E-state index contributed by atoms with van der Waals surface area (Å²) in [4.78, 5) is 4.85. The molecular formula is C26H25N2O2. The standard InChI is InChI=1S/C26H25N2O2/c1-29-23-15-8-10-20(18-23)19-30-17-9-16-24-27-25(21-11-4-2-5-12-21)26(28-24)22-13-6-3-7-14-22/h2-8,10-15,18H,9,16-17,19H2,1H3. The molecule has 1 radical (unpaired) electrons. The van der Waals surface area contributed by atoms with E-state index in [0.717, 1.165) is 52.5 Å². The summed E-state index contributed by atoms with van der Waals surface area (Å²) < 4.78 is 11.1. The van der Waals surface area contributed by atoms with Crippen LogP contribution in [0, 0.1) is 0 Å². The van der Waals surface area contributed by atoms with Crippen molar-refractivity contribution in [1.82, 2.24) is 5.32 Å². The van der Waals surface area contributed by atoms with Crippen LogP contribution in [0.5, 0.6) is 5.75 Å². The Hall–Kier alpha value is -3.37. The Kier molecular flexibility index (Phi) is 6.58. The van der Waals surface area contributed by atoms with E-state index in [2.05, 4.69) is 24.3 Å². The fraction of sp³-hybridized carbons (Fsp3) is 0.192. The van der Waals surface area contributed by atoms with Gasteiger partial charge in [0.15, 0.2) is 0 Å². The fourth-order valence-electron chi connectivity index (χ4n) is 3.38. The molecule has 4 heteroatoms. The summed E-state index contributed by atoms with van der Waals surface area (Å²) in [5, 5.41) is 4.85. The molecule has 1 heterocycles. The second kappa shape index (κ2) is 9.90. The Morgan fingerprint density at radius 2 is 1.47 bits per heavy atom. The van der Waals surface area contributed by atoms with Crippen LogP contribution in [-0.4, -0.2) is 19.6 Å². The van der Waals surface area contributed by atoms with Gasteiger partial charge in [-0.05, 0) is 24.1 Å². The van der Waals surface area contributed by atoms with Gasteiger partial charge in [-0.1, -0.05) is 72.8 Å². The Balaban J connectivity index is 1.35. The maximum atomic E-state index is 5.84. The molecule has 3 aromatic carbocycles. The lowest BCUT2D eigenvalue weighted by atomic mass is 10.1. The topological polar surface area (TPSA) is 44.9 Å². The molecule has 0 aliphatic carbocycles. The molecule has 4 nitrogen and oxygen atoms in total. The van der Waals surface area contributed by atoms with Crippen LogP contribution >= 0.6 is 0 Å². The summed E-state index contributed by atoms with van der Waals surface area (Å²) >= 11 is 0. The van der Waals surface area contributed by atoms with Crippen LogP contribution in [0.15, 0.2) is 89.9 Å². The molecule has 0 unspecified atom stereocenters. The number of hydrogen-bond donors (Lipinski definition) is 0. The van der Waals surface area contributed by atoms with E-state index >= 15 is 0 Å². The van der Waals surface area contributed by atoms with Crippen molar-refractivity contribution < 1.29 is 9.47 Å². The third-order valence-electron chi connectivity index (χ3n) is 4.89. The molecule has 0 spiro atoms. The number of methoxy groups -OCH3 is 1. The highest BCUT2D eigenvalue weighted by molar-refractivity contribution is 6.07. The van der Waals surface area contributed by atoms with Gasteiger partial charge in [-0.3, -0.25) is 0 Å². The van der Waals surface area contributed by atoms with Gasteiger partial charge in [0, 0.05) is 24.2 Å². The second-order valence-corrected chi connectivity index (χ2v) is 7.08. The van der Waals surface area contributed by atoms with Crippen molar-refractivity contribution in [3.05, 3.63) is 102 Å². The lowest BCUT2D eigenvalue weighted by Crippen LogP contribution is -2.11. The highest BCUT2D eigenvalue weighted by Crippen LogP contribution is 2.31. The molecule has 0 amide bonds. The van der Waals surface area contributed by atoms with E-state index in [4.69, 9.17) is 19.8 Å². The third-order valence-corrected chi connectivity index (χ3v) is 4.89. The molecule has 0 N–H and O–H groups in total. The summed E-state index contributed by atoms with van der Waals surface area (Å²) in [5.41, 5.74) is 5.16. The summed E-state index contributed by atoms with van der Waals surface area (Å²) in [5.74, 6) is 1.71. The summed E-state index contributed by atoms with van der Waals surface area (Å²) in [6.45, 7) is 1.23. The zero-order valence-electron chi connectivity index (χ0n) is 17.1. The van der Waals surface area contributed by atoms with E-state index in [0.29, 0.717) is 13.2 Å². The van der Waals surface area contributed by atoms with E-state index in [1.807, 2.05) is 60.7 Å². The van der Waals surface area contributed by atoms with Crippen LogP contribution < -0.4 is 10.1 Å². The van der Waals surface area contributed by atoms with E-state index in [1.54, 1.807) is 7.11 Å². The number of nitrogens with zero attached hydrogens (tertiary/aromatic N) is 2. The van der Waals surface area contributed by atoms with Crippen LogP contribution in [0.25, 0.3) is 11.4 Å². The number of ether oxygens (including phenoxy) is 2. The molecule has 0 bridgehead atoms. The maximum absolute atomic E-state index is 5.84. The first-order valence-electron chi connectivity index (χ1n) is 10.2. The largest absolute Gasteiger partial charge is 0.497 e. The van der Waals surface area contributed by atoms with E-state index < -0.39 is 0 Å². The molecule has 0 atom stereocenters. The SMILES string of the molecule is COc1cccc(COCCCC2=NC(c3ccccc3)=C(c3ccccc3)[N]2)c1. The zero-order valence-corrected chi connectivity index (χ0v) is 17.1. The Morgan fingerprint density at radius 3 is 2.17 bits per heavy atom. The normalized spacial score (nSPS) is 13.2. The number of rotatable bonds is 9. The van der Waals surface area contributed by atoms with Gasteiger partial charge in [0.1, 0.15) is 11.6 Å². The Labute approximate surface area is 177 Å². The second-order valence-electron chi connectivity index (χ2n) is 7.08. The van der Waals surface area contributed by atoms with Crippen LogP contribution in [0.3, 0.4) is 0 Å². The fourth-order valence-corrected chi connectivity index (χ4v) is 3.38. The van der Waals surface area contributed by atoms with Crippen molar-refractivity contribution in [2.24, 2.45) is 4.99 Å². The van der Waals surface area contributed by atoms with Crippen molar-refractivity contribution in [3.8, 4) is 5.75 Å². The van der Waals surface area contributed by atoms with Crippen molar-refractivity contribution in [1.29, 1.82) is 0 Å². The molecule has 0 fully saturated rings.